The van der Waals surface area contributed by atoms with Crippen molar-refractivity contribution in [3.05, 3.63) is 23.1 Å². The molecule has 0 aromatic carbocycles. The lowest BCUT2D eigenvalue weighted by molar-refractivity contribution is -0.113. The van der Waals surface area contributed by atoms with Gasteiger partial charge in [0.25, 0.3) is 0 Å². The number of aliphatic imine (C=N–C) groups is 1. The summed E-state index contributed by atoms with van der Waals surface area (Å²) in [5, 5.41) is 0. The SMILES string of the molecule is C\C=C(/C=N/C(OC)=C(\C)CC)C(C)=O. The minimum Gasteiger partial charge on any atom is -0.481 e. The lowest BCUT2D eigenvalue weighted by Crippen LogP contribution is -1.98. The maximum atomic E-state index is 11.1. The van der Waals surface area contributed by atoms with Crippen LogP contribution in [0.15, 0.2) is 28.1 Å². The third-order valence-corrected chi connectivity index (χ3v) is 2.13. The summed E-state index contributed by atoms with van der Waals surface area (Å²) in [6.45, 7) is 7.32. The Hall–Kier alpha value is -1.38. The van der Waals surface area contributed by atoms with E-state index in [1.807, 2.05) is 20.8 Å². The maximum Gasteiger partial charge on any atom is 0.211 e. The van der Waals surface area contributed by atoms with Crippen LogP contribution in [0.1, 0.15) is 34.1 Å². The van der Waals surface area contributed by atoms with Crippen LogP contribution in [0.2, 0.25) is 0 Å². The molecule has 3 nitrogen and oxygen atoms in total. The molecule has 0 fully saturated rings. The van der Waals surface area contributed by atoms with Gasteiger partial charge in [-0.1, -0.05) is 13.0 Å². The molecule has 0 saturated carbocycles. The van der Waals surface area contributed by atoms with Gasteiger partial charge in [-0.2, -0.15) is 0 Å². The smallest absolute Gasteiger partial charge is 0.211 e. The van der Waals surface area contributed by atoms with Crippen molar-refractivity contribution in [1.82, 2.24) is 0 Å². The van der Waals surface area contributed by atoms with Gasteiger partial charge in [0.15, 0.2) is 5.78 Å². The normalized spacial score (nSPS) is 14.1. The first kappa shape index (κ1) is 13.6. The molecule has 0 bridgehead atoms. The predicted octanol–water partition coefficient (Wildman–Crippen LogP) is 2.88. The molecule has 0 heterocycles. The van der Waals surface area contributed by atoms with Crippen LogP contribution in [-0.4, -0.2) is 19.1 Å². The number of hydrogen-bond acceptors (Lipinski definition) is 3. The largest absolute Gasteiger partial charge is 0.481 e. The van der Waals surface area contributed by atoms with Crippen molar-refractivity contribution in [2.24, 2.45) is 4.99 Å². The summed E-state index contributed by atoms with van der Waals surface area (Å²) >= 11 is 0. The molecule has 0 amide bonds. The molecule has 0 aliphatic rings. The zero-order chi connectivity index (χ0) is 11.8. The summed E-state index contributed by atoms with van der Waals surface area (Å²) in [5.41, 5.74) is 1.65. The molecule has 0 N–H and O–H groups in total. The molecule has 0 saturated heterocycles. The molecule has 15 heavy (non-hydrogen) atoms. The fraction of sp³-hybridized carbons (Fsp3) is 0.500. The zero-order valence-corrected chi connectivity index (χ0v) is 10.1. The van der Waals surface area contributed by atoms with E-state index in [0.29, 0.717) is 11.5 Å². The van der Waals surface area contributed by atoms with E-state index in [1.54, 1.807) is 19.4 Å². The van der Waals surface area contributed by atoms with Crippen molar-refractivity contribution < 1.29 is 9.53 Å². The first-order valence-corrected chi connectivity index (χ1v) is 5.01. The van der Waals surface area contributed by atoms with Gasteiger partial charge >= 0.3 is 0 Å². The number of ether oxygens (including phenoxy) is 1. The number of nitrogens with zero attached hydrogens (tertiary/aromatic N) is 1. The number of carbonyl (C=O) groups excluding carboxylic acids is 1. The average molecular weight is 209 g/mol. The van der Waals surface area contributed by atoms with Crippen LogP contribution >= 0.6 is 0 Å². The molecule has 0 rings (SSSR count). The lowest BCUT2D eigenvalue weighted by atomic mass is 10.2. The van der Waals surface area contributed by atoms with Gasteiger partial charge in [-0.3, -0.25) is 4.79 Å². The average Bonchev–Trinajstić information content (AvgIpc) is 2.23. The molecule has 0 aliphatic heterocycles. The van der Waals surface area contributed by atoms with Crippen molar-refractivity contribution in [3.8, 4) is 0 Å². The number of allylic oxidation sites excluding steroid dienone is 3. The van der Waals surface area contributed by atoms with Crippen LogP contribution in [-0.2, 0) is 9.53 Å². The summed E-state index contributed by atoms with van der Waals surface area (Å²) in [6.07, 6.45) is 4.16. The second-order valence-electron chi connectivity index (χ2n) is 3.20. The molecule has 3 heteroatoms. The fourth-order valence-electron chi connectivity index (χ4n) is 0.985. The van der Waals surface area contributed by atoms with E-state index in [0.717, 1.165) is 12.0 Å². The van der Waals surface area contributed by atoms with Crippen LogP contribution in [0.25, 0.3) is 0 Å². The van der Waals surface area contributed by atoms with Gasteiger partial charge in [0.05, 0.1) is 7.11 Å². The Morgan fingerprint density at radius 3 is 2.33 bits per heavy atom. The third kappa shape index (κ3) is 4.58. The molecule has 0 radical (unpaired) electrons. The Kier molecular flexibility index (Phi) is 6.34. The van der Waals surface area contributed by atoms with Gasteiger partial charge in [0.1, 0.15) is 0 Å². The number of carbonyl (C=O) groups is 1. The van der Waals surface area contributed by atoms with Crippen molar-refractivity contribution in [1.29, 1.82) is 0 Å². The summed E-state index contributed by atoms with van der Waals surface area (Å²) in [4.78, 5) is 15.2. The molecule has 0 unspecified atom stereocenters. The highest BCUT2D eigenvalue weighted by molar-refractivity contribution is 6.12. The third-order valence-electron chi connectivity index (χ3n) is 2.13. The topological polar surface area (TPSA) is 38.7 Å². The van der Waals surface area contributed by atoms with E-state index in [2.05, 4.69) is 4.99 Å². The Labute approximate surface area is 91.5 Å². The molecule has 0 aromatic rings. The summed E-state index contributed by atoms with van der Waals surface area (Å²) in [5.74, 6) is 0.587. The standard InChI is InChI=1S/C12H19NO2/c1-6-9(3)12(15-5)13-8-11(7-2)10(4)14/h7-8H,6H2,1-5H3/b11-7+,12-9-,13-8+. The van der Waals surface area contributed by atoms with Crippen molar-refractivity contribution in [2.45, 2.75) is 34.1 Å². The van der Waals surface area contributed by atoms with Gasteiger partial charge in [0, 0.05) is 11.8 Å². The van der Waals surface area contributed by atoms with Gasteiger partial charge in [-0.25, -0.2) is 4.99 Å². The Bertz CT molecular complexity index is 312. The minimum atomic E-state index is 0.00542. The first-order valence-electron chi connectivity index (χ1n) is 5.01. The van der Waals surface area contributed by atoms with E-state index < -0.39 is 0 Å². The van der Waals surface area contributed by atoms with Crippen LogP contribution in [0, 0.1) is 0 Å². The number of Topliss-reactive ketones (excluding diaryl/α,β-unsaturated/α-hetero) is 1. The highest BCUT2D eigenvalue weighted by atomic mass is 16.5. The number of ketones is 1. The molecule has 84 valence electrons. The quantitative estimate of drug-likeness (QED) is 0.397. The second-order valence-corrected chi connectivity index (χ2v) is 3.20. The predicted molar refractivity (Wildman–Crippen MR) is 62.9 cm³/mol. The van der Waals surface area contributed by atoms with Gasteiger partial charge < -0.3 is 4.74 Å². The summed E-state index contributed by atoms with van der Waals surface area (Å²) < 4.78 is 5.12. The molecular formula is C12H19NO2. The highest BCUT2D eigenvalue weighted by Crippen LogP contribution is 2.09. The minimum absolute atomic E-state index is 0.00542. The van der Waals surface area contributed by atoms with Gasteiger partial charge in [-0.15, -0.1) is 0 Å². The Morgan fingerprint density at radius 1 is 1.40 bits per heavy atom. The van der Waals surface area contributed by atoms with Crippen molar-refractivity contribution >= 4 is 12.0 Å². The summed E-state index contributed by atoms with van der Waals surface area (Å²) in [7, 11) is 1.58. The second kappa shape index (κ2) is 6.98. The van der Waals surface area contributed by atoms with E-state index in [1.165, 1.54) is 6.92 Å². The van der Waals surface area contributed by atoms with Gasteiger partial charge in [-0.05, 0) is 32.8 Å². The summed E-state index contributed by atoms with van der Waals surface area (Å²) in [6, 6.07) is 0. The van der Waals surface area contributed by atoms with Crippen LogP contribution < -0.4 is 0 Å². The zero-order valence-electron chi connectivity index (χ0n) is 10.1. The van der Waals surface area contributed by atoms with E-state index >= 15 is 0 Å². The van der Waals surface area contributed by atoms with Crippen LogP contribution in [0.4, 0.5) is 0 Å². The first-order chi connectivity index (χ1) is 7.06. The van der Waals surface area contributed by atoms with E-state index in [-0.39, 0.29) is 5.78 Å². The molecule has 0 spiro atoms. The van der Waals surface area contributed by atoms with Crippen LogP contribution in [0.5, 0.6) is 0 Å². The highest BCUT2D eigenvalue weighted by Gasteiger charge is 2.01. The van der Waals surface area contributed by atoms with Crippen molar-refractivity contribution in [2.75, 3.05) is 7.11 Å². The number of methoxy groups -OCH3 is 1. The molecule has 0 aliphatic carbocycles. The lowest BCUT2D eigenvalue weighted by Gasteiger charge is -2.03. The van der Waals surface area contributed by atoms with E-state index in [9.17, 15) is 4.79 Å². The Balaban J connectivity index is 4.84. The maximum absolute atomic E-state index is 11.1. The number of rotatable bonds is 5. The molecule has 0 atom stereocenters. The van der Waals surface area contributed by atoms with Crippen LogP contribution in [0.3, 0.4) is 0 Å². The number of hydrogen-bond donors (Lipinski definition) is 0. The fourth-order valence-corrected chi connectivity index (χ4v) is 0.985. The van der Waals surface area contributed by atoms with Crippen molar-refractivity contribution in [3.63, 3.8) is 0 Å². The van der Waals surface area contributed by atoms with E-state index in [4.69, 9.17) is 4.74 Å². The Morgan fingerprint density at radius 2 is 2.00 bits per heavy atom. The molecule has 0 aromatic heterocycles. The monoisotopic (exact) mass is 209 g/mol. The molecular weight excluding hydrogens is 190 g/mol. The van der Waals surface area contributed by atoms with Gasteiger partial charge in [0.2, 0.25) is 5.88 Å².